The molecule has 3 aromatic rings. The van der Waals surface area contributed by atoms with E-state index in [-0.39, 0.29) is 12.5 Å². The first-order valence-corrected chi connectivity index (χ1v) is 9.86. The molecule has 1 fully saturated rings. The molecule has 4 rings (SSSR count). The van der Waals surface area contributed by atoms with Crippen LogP contribution in [-0.4, -0.2) is 35.4 Å². The predicted molar refractivity (Wildman–Crippen MR) is 111 cm³/mol. The van der Waals surface area contributed by atoms with Crippen molar-refractivity contribution in [3.05, 3.63) is 77.6 Å². The smallest absolute Gasteiger partial charge is 0.357 e. The molecule has 7 heteroatoms. The molecule has 1 aromatic heterocycles. The van der Waals surface area contributed by atoms with Crippen LogP contribution in [0.3, 0.4) is 0 Å². The van der Waals surface area contributed by atoms with Crippen molar-refractivity contribution in [2.24, 2.45) is 0 Å². The molecule has 7 nitrogen and oxygen atoms in total. The Morgan fingerprint density at radius 2 is 1.90 bits per heavy atom. The highest BCUT2D eigenvalue weighted by atomic mass is 16.5. The summed E-state index contributed by atoms with van der Waals surface area (Å²) in [5.74, 6) is 0.163. The number of nitrogens with zero attached hydrogens (tertiary/aromatic N) is 2. The Morgan fingerprint density at radius 1 is 1.10 bits per heavy atom. The number of rotatable bonds is 8. The van der Waals surface area contributed by atoms with Gasteiger partial charge in [0.2, 0.25) is 0 Å². The van der Waals surface area contributed by atoms with Gasteiger partial charge in [0.15, 0.2) is 12.3 Å². The van der Waals surface area contributed by atoms with E-state index in [1.165, 1.54) is 0 Å². The van der Waals surface area contributed by atoms with Crippen LogP contribution in [0.4, 0.5) is 0 Å². The lowest BCUT2D eigenvalue weighted by Gasteiger charge is -2.09. The second-order valence-electron chi connectivity index (χ2n) is 7.18. The van der Waals surface area contributed by atoms with Crippen molar-refractivity contribution in [2.45, 2.75) is 25.3 Å². The summed E-state index contributed by atoms with van der Waals surface area (Å²) in [6.45, 7) is -0.0388. The molecule has 1 saturated carbocycles. The molecule has 0 saturated heterocycles. The zero-order chi connectivity index (χ0) is 20.9. The number of ether oxygens (including phenoxy) is 2. The number of para-hydroxylation sites is 1. The lowest BCUT2D eigenvalue weighted by molar-refractivity contribution is -0.124. The van der Waals surface area contributed by atoms with Crippen LogP contribution < -0.4 is 10.1 Å². The summed E-state index contributed by atoms with van der Waals surface area (Å²) < 4.78 is 12.0. The number of hydrogen-bond donors (Lipinski definition) is 1. The number of hydrogen-bond acceptors (Lipinski definition) is 5. The van der Waals surface area contributed by atoms with Crippen molar-refractivity contribution in [1.82, 2.24) is 15.1 Å². The van der Waals surface area contributed by atoms with E-state index in [1.807, 2.05) is 54.6 Å². The third-order valence-corrected chi connectivity index (χ3v) is 4.89. The van der Waals surface area contributed by atoms with Crippen molar-refractivity contribution in [3.8, 4) is 11.4 Å². The van der Waals surface area contributed by atoms with E-state index in [9.17, 15) is 9.59 Å². The van der Waals surface area contributed by atoms with Gasteiger partial charge in [0.05, 0.1) is 18.5 Å². The molecule has 1 aliphatic rings. The Bertz CT molecular complexity index is 1040. The molecule has 30 heavy (non-hydrogen) atoms. The molecule has 0 bridgehead atoms. The van der Waals surface area contributed by atoms with Crippen LogP contribution in [0.2, 0.25) is 0 Å². The average molecular weight is 405 g/mol. The predicted octanol–water partition coefficient (Wildman–Crippen LogP) is 3.23. The number of methoxy groups -OCH3 is 1. The third kappa shape index (κ3) is 4.68. The summed E-state index contributed by atoms with van der Waals surface area (Å²) in [5.41, 5.74) is 2.88. The van der Waals surface area contributed by atoms with Gasteiger partial charge in [-0.25, -0.2) is 9.48 Å². The molecule has 1 heterocycles. The molecule has 1 N–H and O–H groups in total. The fourth-order valence-corrected chi connectivity index (χ4v) is 3.13. The number of benzene rings is 2. The van der Waals surface area contributed by atoms with Crippen LogP contribution in [0, 0.1) is 0 Å². The van der Waals surface area contributed by atoms with Crippen LogP contribution in [0.5, 0.6) is 5.75 Å². The number of esters is 1. The maximum absolute atomic E-state index is 12.7. The van der Waals surface area contributed by atoms with Crippen molar-refractivity contribution in [2.75, 3.05) is 13.7 Å². The summed E-state index contributed by atoms with van der Waals surface area (Å²) in [6, 6.07) is 18.6. The van der Waals surface area contributed by atoms with E-state index in [1.54, 1.807) is 17.9 Å². The molecule has 0 aliphatic heterocycles. The molecule has 0 atom stereocenters. The van der Waals surface area contributed by atoms with Crippen LogP contribution in [-0.2, 0) is 16.1 Å². The molecule has 0 spiro atoms. The number of nitrogens with one attached hydrogen (secondary N) is 1. The summed E-state index contributed by atoms with van der Waals surface area (Å²) in [5, 5.41) is 7.33. The molecular weight excluding hydrogens is 382 g/mol. The van der Waals surface area contributed by atoms with Gasteiger partial charge in [0.1, 0.15) is 5.75 Å². The van der Waals surface area contributed by atoms with Gasteiger partial charge >= 0.3 is 5.97 Å². The molecule has 0 radical (unpaired) electrons. The van der Waals surface area contributed by atoms with Crippen molar-refractivity contribution in [1.29, 1.82) is 0 Å². The Morgan fingerprint density at radius 3 is 2.63 bits per heavy atom. The number of aromatic nitrogens is 2. The van der Waals surface area contributed by atoms with Gasteiger partial charge in [-0.3, -0.25) is 4.79 Å². The Balaban J connectivity index is 1.38. The zero-order valence-electron chi connectivity index (χ0n) is 16.7. The largest absolute Gasteiger partial charge is 0.497 e. The minimum atomic E-state index is -0.574. The first-order chi connectivity index (χ1) is 14.6. The zero-order valence-corrected chi connectivity index (χ0v) is 16.7. The van der Waals surface area contributed by atoms with Crippen molar-refractivity contribution >= 4 is 11.9 Å². The van der Waals surface area contributed by atoms with Gasteiger partial charge in [0.25, 0.3) is 5.91 Å². The average Bonchev–Trinajstić information content (AvgIpc) is 3.55. The molecule has 1 amide bonds. The molecule has 154 valence electrons. The van der Waals surface area contributed by atoms with E-state index in [0.29, 0.717) is 23.9 Å². The number of carbonyl (C=O) groups is 2. The van der Waals surface area contributed by atoms with E-state index >= 15 is 0 Å². The lowest BCUT2D eigenvalue weighted by Crippen LogP contribution is -2.28. The SMILES string of the molecule is COc1cccc(CNC(=O)COC(=O)c2cc(C3CC3)nn2-c2ccccc2)c1. The topological polar surface area (TPSA) is 82.4 Å². The van der Waals surface area contributed by atoms with Crippen LogP contribution >= 0.6 is 0 Å². The second-order valence-corrected chi connectivity index (χ2v) is 7.18. The summed E-state index contributed by atoms with van der Waals surface area (Å²) >= 11 is 0. The molecule has 2 aromatic carbocycles. The van der Waals surface area contributed by atoms with Gasteiger partial charge in [-0.15, -0.1) is 0 Å². The van der Waals surface area contributed by atoms with E-state index in [2.05, 4.69) is 10.4 Å². The van der Waals surface area contributed by atoms with E-state index in [0.717, 1.165) is 29.8 Å². The molecule has 0 unspecified atom stereocenters. The molecule has 1 aliphatic carbocycles. The second kappa shape index (κ2) is 8.82. The Hall–Kier alpha value is -3.61. The standard InChI is InChI=1S/C23H23N3O4/c1-29-19-9-5-6-16(12-19)14-24-22(27)15-30-23(28)21-13-20(17-10-11-17)25-26(21)18-7-3-2-4-8-18/h2-9,12-13,17H,10-11,14-15H2,1H3,(H,24,27). The fraction of sp³-hybridized carbons (Fsp3) is 0.261. The minimum Gasteiger partial charge on any atom is -0.497 e. The minimum absolute atomic E-state index is 0.321. The van der Waals surface area contributed by atoms with Crippen LogP contribution in [0.1, 0.15) is 40.5 Å². The quantitative estimate of drug-likeness (QED) is 0.582. The molecular formula is C23H23N3O4. The van der Waals surface area contributed by atoms with E-state index in [4.69, 9.17) is 9.47 Å². The van der Waals surface area contributed by atoms with Gasteiger partial charge in [-0.2, -0.15) is 5.10 Å². The maximum atomic E-state index is 12.7. The van der Waals surface area contributed by atoms with Crippen molar-refractivity contribution < 1.29 is 19.1 Å². The Labute approximate surface area is 174 Å². The monoisotopic (exact) mass is 405 g/mol. The number of carbonyl (C=O) groups excluding carboxylic acids is 2. The van der Waals surface area contributed by atoms with Crippen LogP contribution in [0.25, 0.3) is 5.69 Å². The highest BCUT2D eigenvalue weighted by Crippen LogP contribution is 2.39. The van der Waals surface area contributed by atoms with Gasteiger partial charge < -0.3 is 14.8 Å². The normalized spacial score (nSPS) is 13.0. The Kier molecular flexibility index (Phi) is 5.79. The summed E-state index contributed by atoms with van der Waals surface area (Å²) in [6.07, 6.45) is 2.15. The third-order valence-electron chi connectivity index (χ3n) is 4.89. The first-order valence-electron chi connectivity index (χ1n) is 9.86. The fourth-order valence-electron chi connectivity index (χ4n) is 3.13. The lowest BCUT2D eigenvalue weighted by atomic mass is 10.2. The highest BCUT2D eigenvalue weighted by molar-refractivity contribution is 5.90. The van der Waals surface area contributed by atoms with E-state index < -0.39 is 5.97 Å². The first kappa shape index (κ1) is 19.7. The van der Waals surface area contributed by atoms with Gasteiger partial charge in [-0.1, -0.05) is 30.3 Å². The van der Waals surface area contributed by atoms with Crippen molar-refractivity contribution in [3.63, 3.8) is 0 Å². The van der Waals surface area contributed by atoms with Gasteiger partial charge in [0, 0.05) is 12.5 Å². The summed E-state index contributed by atoms with van der Waals surface area (Å²) in [7, 11) is 1.59. The summed E-state index contributed by atoms with van der Waals surface area (Å²) in [4.78, 5) is 24.8. The number of amides is 1. The maximum Gasteiger partial charge on any atom is 0.357 e. The van der Waals surface area contributed by atoms with Crippen LogP contribution in [0.15, 0.2) is 60.7 Å². The van der Waals surface area contributed by atoms with Gasteiger partial charge in [-0.05, 0) is 48.7 Å². The highest BCUT2D eigenvalue weighted by Gasteiger charge is 2.29.